The van der Waals surface area contributed by atoms with Gasteiger partial charge in [-0.15, -0.1) is 0 Å². The molecular formula is C19H12O5. The molecule has 0 amide bonds. The quantitative estimate of drug-likeness (QED) is 0.590. The highest BCUT2D eigenvalue weighted by molar-refractivity contribution is 6.52. The molecule has 0 saturated carbocycles. The summed E-state index contributed by atoms with van der Waals surface area (Å²) in [7, 11) is 0. The molecule has 1 N–H and O–H groups in total. The third-order valence-electron chi connectivity index (χ3n) is 3.45. The van der Waals surface area contributed by atoms with Crippen LogP contribution in [0.2, 0.25) is 0 Å². The Bertz CT molecular complexity index is 1010. The number of fused-ring (bicyclic) bond motifs is 1. The zero-order valence-corrected chi connectivity index (χ0v) is 12.4. The average Bonchev–Trinajstić information content (AvgIpc) is 2.60. The van der Waals surface area contributed by atoms with E-state index in [1.165, 1.54) is 6.08 Å². The Hall–Kier alpha value is -3.47. The van der Waals surface area contributed by atoms with E-state index in [-0.39, 0.29) is 22.3 Å². The van der Waals surface area contributed by atoms with Crippen LogP contribution in [0.5, 0.6) is 0 Å². The van der Waals surface area contributed by atoms with Gasteiger partial charge in [-0.2, -0.15) is 0 Å². The third kappa shape index (κ3) is 3.01. The highest BCUT2D eigenvalue weighted by atomic mass is 16.4. The molecular weight excluding hydrogens is 308 g/mol. The van der Waals surface area contributed by atoms with Crippen molar-refractivity contribution in [3.05, 3.63) is 82.2 Å². The molecule has 2 aromatic carbocycles. The van der Waals surface area contributed by atoms with Crippen molar-refractivity contribution < 1.29 is 19.1 Å². The Kier molecular flexibility index (Phi) is 4.07. The van der Waals surface area contributed by atoms with Crippen molar-refractivity contribution in [1.29, 1.82) is 0 Å². The Morgan fingerprint density at radius 2 is 1.62 bits per heavy atom. The Morgan fingerprint density at radius 3 is 2.33 bits per heavy atom. The van der Waals surface area contributed by atoms with Crippen LogP contribution >= 0.6 is 0 Å². The summed E-state index contributed by atoms with van der Waals surface area (Å²) in [6.45, 7) is 0. The summed E-state index contributed by atoms with van der Waals surface area (Å²) >= 11 is 0. The smallest absolute Gasteiger partial charge is 0.377 e. The van der Waals surface area contributed by atoms with Crippen molar-refractivity contribution in [3.63, 3.8) is 0 Å². The van der Waals surface area contributed by atoms with E-state index in [1.54, 1.807) is 54.6 Å². The molecule has 0 aliphatic heterocycles. The maximum Gasteiger partial charge on any atom is 0.377 e. The van der Waals surface area contributed by atoms with Crippen LogP contribution in [0.4, 0.5) is 0 Å². The molecule has 0 fully saturated rings. The molecule has 5 nitrogen and oxygen atoms in total. The molecule has 3 aromatic rings. The average molecular weight is 320 g/mol. The van der Waals surface area contributed by atoms with Crippen molar-refractivity contribution >= 4 is 34.4 Å². The van der Waals surface area contributed by atoms with Gasteiger partial charge in [0.2, 0.25) is 0 Å². The Balaban J connectivity index is 2.23. The number of carbonyl (C=O) groups is 2. The highest BCUT2D eigenvalue weighted by Gasteiger charge is 2.22. The first-order valence-electron chi connectivity index (χ1n) is 7.14. The van der Waals surface area contributed by atoms with Gasteiger partial charge < -0.3 is 9.52 Å². The number of aliphatic carboxylic acids is 1. The molecule has 0 bridgehead atoms. The second-order valence-corrected chi connectivity index (χ2v) is 5.07. The molecule has 1 heterocycles. The molecule has 24 heavy (non-hydrogen) atoms. The number of Topliss-reactive ketones (excluding diaryl/α,β-unsaturated/α-hetero) is 1. The largest absolute Gasteiger partial charge is 0.475 e. The predicted octanol–water partition coefficient (Wildman–Crippen LogP) is 2.99. The van der Waals surface area contributed by atoms with Gasteiger partial charge in [0, 0.05) is 6.07 Å². The van der Waals surface area contributed by atoms with Crippen LogP contribution in [0.15, 0.2) is 69.9 Å². The molecule has 5 heteroatoms. The first kappa shape index (κ1) is 15.4. The molecule has 0 atom stereocenters. The summed E-state index contributed by atoms with van der Waals surface area (Å²) < 4.78 is 5.60. The lowest BCUT2D eigenvalue weighted by molar-refractivity contribution is -0.146. The van der Waals surface area contributed by atoms with Crippen LogP contribution in [0.1, 0.15) is 11.3 Å². The molecule has 1 aromatic heterocycles. The van der Waals surface area contributed by atoms with Crippen LogP contribution in [0.3, 0.4) is 0 Å². The summed E-state index contributed by atoms with van der Waals surface area (Å²) in [6, 6.07) is 16.5. The fourth-order valence-electron chi connectivity index (χ4n) is 2.32. The maximum atomic E-state index is 12.2. The number of carboxylic acids is 1. The van der Waals surface area contributed by atoms with Gasteiger partial charge >= 0.3 is 5.97 Å². The van der Waals surface area contributed by atoms with Gasteiger partial charge in [-0.1, -0.05) is 42.5 Å². The molecule has 0 unspecified atom stereocenters. The van der Waals surface area contributed by atoms with E-state index in [1.807, 2.05) is 0 Å². The monoisotopic (exact) mass is 320 g/mol. The normalized spacial score (nSPS) is 11.4. The number of carboxylic acid groups (broad SMARTS) is 1. The summed E-state index contributed by atoms with van der Waals surface area (Å²) in [5.74, 6) is -2.83. The number of hydrogen-bond acceptors (Lipinski definition) is 4. The first-order chi connectivity index (χ1) is 11.6. The van der Waals surface area contributed by atoms with Crippen LogP contribution < -0.4 is 5.43 Å². The summed E-state index contributed by atoms with van der Waals surface area (Å²) in [6.07, 6.45) is 1.39. The third-order valence-corrected chi connectivity index (χ3v) is 3.45. The first-order valence-corrected chi connectivity index (χ1v) is 7.14. The molecule has 0 aliphatic rings. The van der Waals surface area contributed by atoms with E-state index in [4.69, 9.17) is 9.52 Å². The molecule has 0 saturated heterocycles. The minimum atomic E-state index is -1.62. The van der Waals surface area contributed by atoms with Gasteiger partial charge in [-0.3, -0.25) is 9.59 Å². The predicted molar refractivity (Wildman–Crippen MR) is 89.4 cm³/mol. The van der Waals surface area contributed by atoms with E-state index in [0.29, 0.717) is 10.9 Å². The van der Waals surface area contributed by atoms with Gasteiger partial charge in [0.25, 0.3) is 5.78 Å². The van der Waals surface area contributed by atoms with E-state index < -0.39 is 11.8 Å². The van der Waals surface area contributed by atoms with Crippen molar-refractivity contribution in [3.8, 4) is 0 Å². The minimum Gasteiger partial charge on any atom is -0.475 e. The second kappa shape index (κ2) is 6.34. The Morgan fingerprint density at radius 1 is 0.958 bits per heavy atom. The number of ketones is 1. The topological polar surface area (TPSA) is 84.6 Å². The van der Waals surface area contributed by atoms with E-state index in [0.717, 1.165) is 6.07 Å². The van der Waals surface area contributed by atoms with Crippen LogP contribution in [0, 0.1) is 0 Å². The highest BCUT2D eigenvalue weighted by Crippen LogP contribution is 2.22. The van der Waals surface area contributed by atoms with E-state index in [2.05, 4.69) is 0 Å². The van der Waals surface area contributed by atoms with E-state index >= 15 is 0 Å². The van der Waals surface area contributed by atoms with Gasteiger partial charge in [0.05, 0.1) is 11.0 Å². The van der Waals surface area contributed by atoms with E-state index in [9.17, 15) is 14.4 Å². The van der Waals surface area contributed by atoms with Gasteiger partial charge in [0.1, 0.15) is 11.3 Å². The standard InChI is InChI=1S/C19H12O5/c20-15-11-17(24-16-9-5-4-8-13(15)16)14(18(21)19(22)23)10-12-6-2-1-3-7-12/h1-11H,(H,22,23)/b14-10+. The number of benzene rings is 2. The molecule has 3 rings (SSSR count). The van der Waals surface area contributed by atoms with Crippen molar-refractivity contribution in [2.75, 3.05) is 0 Å². The van der Waals surface area contributed by atoms with Gasteiger partial charge in [-0.05, 0) is 23.8 Å². The molecule has 0 aliphatic carbocycles. The fraction of sp³-hybridized carbons (Fsp3) is 0. The summed E-state index contributed by atoms with van der Waals surface area (Å²) in [5.41, 5.74) is 0.385. The van der Waals surface area contributed by atoms with Crippen LogP contribution in [0.25, 0.3) is 22.6 Å². The van der Waals surface area contributed by atoms with Crippen LogP contribution in [-0.4, -0.2) is 16.9 Å². The fourth-order valence-corrected chi connectivity index (χ4v) is 2.32. The Labute approximate surface area is 136 Å². The van der Waals surface area contributed by atoms with Gasteiger partial charge in [-0.25, -0.2) is 4.79 Å². The summed E-state index contributed by atoms with van der Waals surface area (Å²) in [5, 5.41) is 9.43. The maximum absolute atomic E-state index is 12.2. The number of hydrogen-bond donors (Lipinski definition) is 1. The van der Waals surface area contributed by atoms with Crippen molar-refractivity contribution in [2.24, 2.45) is 0 Å². The number of para-hydroxylation sites is 1. The van der Waals surface area contributed by atoms with Crippen LogP contribution in [-0.2, 0) is 9.59 Å². The lowest BCUT2D eigenvalue weighted by atomic mass is 10.0. The summed E-state index contributed by atoms with van der Waals surface area (Å²) in [4.78, 5) is 35.4. The molecule has 0 spiro atoms. The number of rotatable bonds is 4. The molecule has 118 valence electrons. The number of carbonyl (C=O) groups excluding carboxylic acids is 1. The van der Waals surface area contributed by atoms with Crippen molar-refractivity contribution in [2.45, 2.75) is 0 Å². The zero-order valence-electron chi connectivity index (χ0n) is 12.4. The zero-order chi connectivity index (χ0) is 17.1. The lowest BCUT2D eigenvalue weighted by Gasteiger charge is -2.05. The minimum absolute atomic E-state index is 0.0741. The second-order valence-electron chi connectivity index (χ2n) is 5.07. The van der Waals surface area contributed by atoms with Gasteiger partial charge in [0.15, 0.2) is 5.43 Å². The SMILES string of the molecule is O=C(O)C(=O)/C(=C/c1ccccc1)c1cc(=O)c2ccccc2o1. The molecule has 0 radical (unpaired) electrons. The van der Waals surface area contributed by atoms with Crippen molar-refractivity contribution in [1.82, 2.24) is 0 Å². The lowest BCUT2D eigenvalue weighted by Crippen LogP contribution is -2.15.